The summed E-state index contributed by atoms with van der Waals surface area (Å²) in [4.78, 5) is 0. The zero-order chi connectivity index (χ0) is 13.2. The van der Waals surface area contributed by atoms with Crippen molar-refractivity contribution < 1.29 is 23.0 Å². The minimum absolute atomic E-state index is 0.330. The average Bonchev–Trinajstić information content (AvgIpc) is 2.34. The Hall–Kier alpha value is -1.75. The number of hydrogen-bond donors (Lipinski definition) is 1. The summed E-state index contributed by atoms with van der Waals surface area (Å²) in [5, 5.41) is 10.5. The molecule has 0 amide bonds. The Balaban J connectivity index is 2.18. The van der Waals surface area contributed by atoms with Gasteiger partial charge in [-0.15, -0.1) is 0 Å². The predicted octanol–water partition coefficient (Wildman–Crippen LogP) is 3.14. The highest BCUT2D eigenvalue weighted by molar-refractivity contribution is 5.88. The fourth-order valence-electron chi connectivity index (χ4n) is 1.58. The quantitative estimate of drug-likeness (QED) is 0.914. The van der Waals surface area contributed by atoms with E-state index in [0.29, 0.717) is 5.75 Å². The highest BCUT2D eigenvalue weighted by atomic mass is 19.4. The zero-order valence-corrected chi connectivity index (χ0v) is 9.32. The number of aliphatic hydroxyl groups excluding tert-OH is 1. The molecular weight excluding hydrogens is 245 g/mol. The van der Waals surface area contributed by atoms with E-state index in [-0.39, 0.29) is 0 Å². The molecule has 96 valence electrons. The molecule has 0 radical (unpaired) electrons. The second kappa shape index (κ2) is 4.86. The van der Waals surface area contributed by atoms with Crippen LogP contribution < -0.4 is 4.74 Å². The van der Waals surface area contributed by atoms with Crippen LogP contribution in [0.5, 0.6) is 5.75 Å². The van der Waals surface area contributed by atoms with E-state index in [0.717, 1.165) is 10.8 Å². The maximum absolute atomic E-state index is 12.1. The van der Waals surface area contributed by atoms with Crippen molar-refractivity contribution in [2.45, 2.75) is 12.3 Å². The Morgan fingerprint density at radius 1 is 1.06 bits per heavy atom. The largest absolute Gasteiger partial charge is 0.490 e. The lowest BCUT2D eigenvalue weighted by molar-refractivity contribution is -0.210. The number of hydrogen-bond acceptors (Lipinski definition) is 2. The first kappa shape index (κ1) is 12.7. The summed E-state index contributed by atoms with van der Waals surface area (Å²) in [6.45, 7) is -0.808. The van der Waals surface area contributed by atoms with Crippen molar-refractivity contribution in [1.82, 2.24) is 0 Å². The Morgan fingerprint density at radius 2 is 1.72 bits per heavy atom. The molecule has 0 aliphatic heterocycles. The molecule has 0 aliphatic rings. The molecule has 2 aromatic rings. The van der Waals surface area contributed by atoms with Crippen LogP contribution >= 0.6 is 0 Å². The summed E-state index contributed by atoms with van der Waals surface area (Å²) in [6.07, 6.45) is -7.14. The maximum Gasteiger partial charge on any atom is 0.417 e. The molecule has 0 aliphatic carbocycles. The summed E-state index contributed by atoms with van der Waals surface area (Å²) in [5.74, 6) is 0.330. The lowest BCUT2D eigenvalue weighted by Gasteiger charge is -2.16. The summed E-state index contributed by atoms with van der Waals surface area (Å²) in [6, 6.07) is 12.3. The van der Waals surface area contributed by atoms with E-state index in [9.17, 15) is 13.2 Å². The van der Waals surface area contributed by atoms with Gasteiger partial charge in [0, 0.05) is 5.39 Å². The van der Waals surface area contributed by atoms with Crippen LogP contribution in [0.3, 0.4) is 0 Å². The number of alkyl halides is 3. The minimum Gasteiger partial charge on any atom is -0.490 e. The Kier molecular flexibility index (Phi) is 3.43. The zero-order valence-electron chi connectivity index (χ0n) is 9.32. The minimum atomic E-state index is -4.66. The third kappa shape index (κ3) is 2.73. The molecule has 1 atom stereocenters. The molecule has 2 nitrogen and oxygen atoms in total. The monoisotopic (exact) mass is 256 g/mol. The molecular formula is C13H11F3O2. The molecule has 2 aromatic carbocycles. The van der Waals surface area contributed by atoms with Gasteiger partial charge in [-0.3, -0.25) is 0 Å². The van der Waals surface area contributed by atoms with Crippen molar-refractivity contribution in [1.29, 1.82) is 0 Å². The highest BCUT2D eigenvalue weighted by Crippen LogP contribution is 2.26. The van der Waals surface area contributed by atoms with Crippen LogP contribution in [0.4, 0.5) is 13.2 Å². The van der Waals surface area contributed by atoms with Crippen LogP contribution in [0.25, 0.3) is 10.8 Å². The molecule has 18 heavy (non-hydrogen) atoms. The molecule has 1 unspecified atom stereocenters. The van der Waals surface area contributed by atoms with Gasteiger partial charge in [-0.1, -0.05) is 36.4 Å². The summed E-state index contributed by atoms with van der Waals surface area (Å²) >= 11 is 0. The van der Waals surface area contributed by atoms with Crippen LogP contribution in [0.15, 0.2) is 42.5 Å². The molecule has 0 heterocycles. The van der Waals surface area contributed by atoms with Crippen molar-refractivity contribution in [2.24, 2.45) is 0 Å². The van der Waals surface area contributed by atoms with Gasteiger partial charge < -0.3 is 9.84 Å². The maximum atomic E-state index is 12.1. The number of fused-ring (bicyclic) bond motifs is 1. The summed E-state index contributed by atoms with van der Waals surface area (Å²) < 4.78 is 41.4. The molecule has 2 rings (SSSR count). The van der Waals surface area contributed by atoms with Crippen LogP contribution in [0.2, 0.25) is 0 Å². The van der Waals surface area contributed by atoms with Gasteiger partial charge >= 0.3 is 6.18 Å². The van der Waals surface area contributed by atoms with E-state index in [1.165, 1.54) is 0 Å². The number of halogens is 3. The van der Waals surface area contributed by atoms with Gasteiger partial charge in [0.1, 0.15) is 12.4 Å². The number of benzene rings is 2. The van der Waals surface area contributed by atoms with Crippen molar-refractivity contribution in [3.05, 3.63) is 42.5 Å². The number of aliphatic hydroxyl groups is 1. The molecule has 0 aromatic heterocycles. The van der Waals surface area contributed by atoms with Gasteiger partial charge in [-0.25, -0.2) is 0 Å². The first-order valence-corrected chi connectivity index (χ1v) is 5.34. The van der Waals surface area contributed by atoms with Crippen molar-refractivity contribution in [3.63, 3.8) is 0 Å². The van der Waals surface area contributed by atoms with Crippen molar-refractivity contribution in [3.8, 4) is 5.75 Å². The van der Waals surface area contributed by atoms with Crippen LogP contribution in [0.1, 0.15) is 0 Å². The molecule has 0 spiro atoms. The van der Waals surface area contributed by atoms with E-state index < -0.39 is 18.9 Å². The lowest BCUT2D eigenvalue weighted by atomic mass is 10.1. The van der Waals surface area contributed by atoms with E-state index in [2.05, 4.69) is 0 Å². The first-order valence-electron chi connectivity index (χ1n) is 5.34. The van der Waals surface area contributed by atoms with Crippen LogP contribution in [0, 0.1) is 0 Å². The Bertz CT molecular complexity index is 532. The van der Waals surface area contributed by atoms with E-state index in [4.69, 9.17) is 9.84 Å². The normalized spacial score (nSPS) is 13.6. The third-order valence-corrected chi connectivity index (χ3v) is 2.52. The van der Waals surface area contributed by atoms with Crippen LogP contribution in [-0.4, -0.2) is 24.0 Å². The summed E-state index contributed by atoms with van der Waals surface area (Å²) in [5.41, 5.74) is 0. The molecule has 5 heteroatoms. The predicted molar refractivity (Wildman–Crippen MR) is 61.5 cm³/mol. The van der Waals surface area contributed by atoms with Gasteiger partial charge in [0.2, 0.25) is 0 Å². The van der Waals surface area contributed by atoms with Gasteiger partial charge in [0.05, 0.1) is 0 Å². The van der Waals surface area contributed by atoms with Crippen LogP contribution in [-0.2, 0) is 0 Å². The molecule has 0 fully saturated rings. The topological polar surface area (TPSA) is 29.5 Å². The average molecular weight is 256 g/mol. The van der Waals surface area contributed by atoms with Crippen molar-refractivity contribution in [2.75, 3.05) is 6.61 Å². The SMILES string of the molecule is OC(COc1cccc2ccccc12)C(F)(F)F. The number of ether oxygens (including phenoxy) is 1. The first-order chi connectivity index (χ1) is 8.48. The van der Waals surface area contributed by atoms with Gasteiger partial charge in [0.25, 0.3) is 0 Å². The molecule has 0 saturated heterocycles. The standard InChI is InChI=1S/C13H11F3O2/c14-13(15,16)12(17)8-18-11-7-3-5-9-4-1-2-6-10(9)11/h1-7,12,17H,8H2. The second-order valence-electron chi connectivity index (χ2n) is 3.85. The summed E-state index contributed by atoms with van der Waals surface area (Å²) in [7, 11) is 0. The smallest absolute Gasteiger partial charge is 0.417 e. The fourth-order valence-corrected chi connectivity index (χ4v) is 1.58. The van der Waals surface area contributed by atoms with Crippen molar-refractivity contribution >= 4 is 10.8 Å². The molecule has 1 N–H and O–H groups in total. The second-order valence-corrected chi connectivity index (χ2v) is 3.85. The van der Waals surface area contributed by atoms with Gasteiger partial charge in [0.15, 0.2) is 6.10 Å². The van der Waals surface area contributed by atoms with Gasteiger partial charge in [-0.2, -0.15) is 13.2 Å². The molecule has 0 saturated carbocycles. The Morgan fingerprint density at radius 3 is 2.44 bits per heavy atom. The van der Waals surface area contributed by atoms with Gasteiger partial charge in [-0.05, 0) is 11.5 Å². The van der Waals surface area contributed by atoms with E-state index in [1.54, 1.807) is 24.3 Å². The number of rotatable bonds is 3. The van der Waals surface area contributed by atoms with E-state index >= 15 is 0 Å². The molecule has 0 bridgehead atoms. The highest BCUT2D eigenvalue weighted by Gasteiger charge is 2.38. The third-order valence-electron chi connectivity index (χ3n) is 2.52. The Labute approximate surface area is 102 Å². The van der Waals surface area contributed by atoms with E-state index in [1.807, 2.05) is 18.2 Å². The lowest BCUT2D eigenvalue weighted by Crippen LogP contribution is -2.34. The fraction of sp³-hybridized carbons (Fsp3) is 0.231.